The number of hydrogen-bond acceptors (Lipinski definition) is 5. The number of nitrogens with zero attached hydrogens (tertiary/aromatic N) is 4. The summed E-state index contributed by atoms with van der Waals surface area (Å²) >= 11 is 0. The fourth-order valence-corrected chi connectivity index (χ4v) is 4.44. The quantitative estimate of drug-likeness (QED) is 0.527. The third-order valence-corrected chi connectivity index (χ3v) is 6.21. The molecule has 182 valence electrons. The molecule has 0 saturated heterocycles. The predicted octanol–water partition coefficient (Wildman–Crippen LogP) is 4.23. The second kappa shape index (κ2) is 8.75. The van der Waals surface area contributed by atoms with Crippen molar-refractivity contribution in [2.45, 2.75) is 33.0 Å². The Morgan fingerprint density at radius 2 is 1.59 bits per heavy atom. The van der Waals surface area contributed by atoms with E-state index >= 15 is 0 Å². The van der Waals surface area contributed by atoms with Crippen LogP contribution >= 0.6 is 0 Å². The van der Waals surface area contributed by atoms with Crippen molar-refractivity contribution in [1.82, 2.24) is 9.55 Å². The van der Waals surface area contributed by atoms with E-state index in [-0.39, 0.29) is 28.2 Å². The number of hydrogen-bond donors (Lipinski definition) is 0. The number of benzene rings is 2. The zero-order chi connectivity index (χ0) is 25.6. The van der Waals surface area contributed by atoms with E-state index in [0.717, 1.165) is 16.9 Å². The first-order chi connectivity index (χ1) is 15.6. The number of sulfonamides is 1. The Morgan fingerprint density at radius 3 is 2.06 bits per heavy atom. The molecular weight excluding hydrogens is 473 g/mol. The van der Waals surface area contributed by atoms with Gasteiger partial charge in [0.05, 0.1) is 23.0 Å². The number of fused-ring (bicyclic) bond motifs is 1. The minimum absolute atomic E-state index is 0.0111. The maximum absolute atomic E-state index is 13.5. The number of anilines is 2. The van der Waals surface area contributed by atoms with Gasteiger partial charge >= 0.3 is 6.18 Å². The van der Waals surface area contributed by atoms with Gasteiger partial charge in [0, 0.05) is 31.3 Å². The Hall–Kier alpha value is -3.41. The summed E-state index contributed by atoms with van der Waals surface area (Å²) in [5, 5.41) is 0. The molecule has 0 N–H and O–H groups in total. The lowest BCUT2D eigenvalue weighted by molar-refractivity contribution is -0.147. The molecule has 0 fully saturated rings. The number of aromatic nitrogens is 2. The first kappa shape index (κ1) is 25.2. The average Bonchev–Trinajstić information content (AvgIpc) is 3.12. The molecule has 0 radical (unpaired) electrons. The summed E-state index contributed by atoms with van der Waals surface area (Å²) in [6.45, 7) is 4.52. The van der Waals surface area contributed by atoms with Crippen LogP contribution in [0.15, 0.2) is 42.5 Å². The SMILES string of the molecule is CC(=O)N(C)c1ccc(N(C(=O)c2ccc3c(c2)nc(C(F)(F)F)n3C(C)C)S(C)(=O)=O)cc1. The normalized spacial score (nSPS) is 12.3. The van der Waals surface area contributed by atoms with Crippen molar-refractivity contribution >= 4 is 44.2 Å². The molecule has 3 rings (SSSR count). The molecule has 2 amide bonds. The van der Waals surface area contributed by atoms with Crippen LogP contribution in [0.4, 0.5) is 24.5 Å². The molecule has 12 heteroatoms. The zero-order valence-electron chi connectivity index (χ0n) is 19.1. The van der Waals surface area contributed by atoms with E-state index in [1.807, 2.05) is 0 Å². The number of rotatable bonds is 5. The van der Waals surface area contributed by atoms with Gasteiger partial charge in [0.1, 0.15) is 0 Å². The van der Waals surface area contributed by atoms with Gasteiger partial charge < -0.3 is 9.47 Å². The number of amides is 2. The van der Waals surface area contributed by atoms with Crippen LogP contribution in [0.1, 0.15) is 43.0 Å². The summed E-state index contributed by atoms with van der Waals surface area (Å²) in [5.74, 6) is -2.30. The number of imidazole rings is 1. The largest absolute Gasteiger partial charge is 0.449 e. The van der Waals surface area contributed by atoms with Gasteiger partial charge in [-0.25, -0.2) is 17.7 Å². The lowest BCUT2D eigenvalue weighted by Crippen LogP contribution is -2.36. The third kappa shape index (κ3) is 4.76. The molecule has 0 aliphatic heterocycles. The van der Waals surface area contributed by atoms with E-state index in [4.69, 9.17) is 0 Å². The highest BCUT2D eigenvalue weighted by Gasteiger charge is 2.38. The van der Waals surface area contributed by atoms with E-state index in [1.54, 1.807) is 13.8 Å². The summed E-state index contributed by atoms with van der Waals surface area (Å²) in [5.41, 5.74) is 0.430. The molecule has 0 spiro atoms. The van der Waals surface area contributed by atoms with Gasteiger partial charge in [0.15, 0.2) is 0 Å². The lowest BCUT2D eigenvalue weighted by Gasteiger charge is -2.22. The Morgan fingerprint density at radius 1 is 1.03 bits per heavy atom. The lowest BCUT2D eigenvalue weighted by atomic mass is 10.1. The van der Waals surface area contributed by atoms with Crippen molar-refractivity contribution in [3.05, 3.63) is 53.9 Å². The molecule has 0 saturated carbocycles. The average molecular weight is 497 g/mol. The number of halogens is 3. The van der Waals surface area contributed by atoms with Crippen LogP contribution in [0.3, 0.4) is 0 Å². The molecule has 0 bridgehead atoms. The molecular formula is C22H23F3N4O4S. The Labute approximate surface area is 194 Å². The Bertz CT molecular complexity index is 1360. The summed E-state index contributed by atoms with van der Waals surface area (Å²) < 4.78 is 67.0. The van der Waals surface area contributed by atoms with Crippen LogP contribution in [0.25, 0.3) is 11.0 Å². The molecule has 2 aromatic carbocycles. The third-order valence-electron chi connectivity index (χ3n) is 5.17. The van der Waals surface area contributed by atoms with Crippen LogP contribution in [0, 0.1) is 0 Å². The highest BCUT2D eigenvalue weighted by atomic mass is 32.2. The zero-order valence-corrected chi connectivity index (χ0v) is 19.9. The molecule has 1 aromatic heterocycles. The van der Waals surface area contributed by atoms with Crippen LogP contribution < -0.4 is 9.21 Å². The molecule has 0 atom stereocenters. The smallest absolute Gasteiger partial charge is 0.318 e. The summed E-state index contributed by atoms with van der Waals surface area (Å²) in [7, 11) is -2.57. The minimum Gasteiger partial charge on any atom is -0.318 e. The Kier molecular flexibility index (Phi) is 6.49. The molecule has 0 aliphatic rings. The second-order valence-corrected chi connectivity index (χ2v) is 9.86. The summed E-state index contributed by atoms with van der Waals surface area (Å²) in [6.07, 6.45) is -3.87. The maximum atomic E-state index is 13.5. The van der Waals surface area contributed by atoms with Gasteiger partial charge in [-0.2, -0.15) is 13.2 Å². The first-order valence-corrected chi connectivity index (χ1v) is 12.0. The van der Waals surface area contributed by atoms with Crippen molar-refractivity contribution in [2.75, 3.05) is 22.5 Å². The van der Waals surface area contributed by atoms with Crippen LogP contribution in [-0.2, 0) is 21.0 Å². The summed E-state index contributed by atoms with van der Waals surface area (Å²) in [6, 6.07) is 8.85. The number of alkyl halides is 3. The topological polar surface area (TPSA) is 92.6 Å². The van der Waals surface area contributed by atoms with Crippen molar-refractivity contribution < 1.29 is 31.2 Å². The second-order valence-electron chi connectivity index (χ2n) is 8.03. The van der Waals surface area contributed by atoms with Gasteiger partial charge in [0.25, 0.3) is 5.91 Å². The monoisotopic (exact) mass is 496 g/mol. The van der Waals surface area contributed by atoms with Crippen LogP contribution in [0.5, 0.6) is 0 Å². The van der Waals surface area contributed by atoms with Crippen LogP contribution in [-0.4, -0.2) is 43.1 Å². The predicted molar refractivity (Wildman–Crippen MR) is 122 cm³/mol. The molecule has 1 heterocycles. The molecule has 34 heavy (non-hydrogen) atoms. The highest BCUT2D eigenvalue weighted by molar-refractivity contribution is 7.92. The number of carbonyl (C=O) groups excluding carboxylic acids is 2. The van der Waals surface area contributed by atoms with Gasteiger partial charge in [0.2, 0.25) is 21.8 Å². The van der Waals surface area contributed by atoms with Crippen molar-refractivity contribution in [2.24, 2.45) is 0 Å². The molecule has 0 aliphatic carbocycles. The van der Waals surface area contributed by atoms with Gasteiger partial charge in [-0.15, -0.1) is 0 Å². The first-order valence-electron chi connectivity index (χ1n) is 10.1. The van der Waals surface area contributed by atoms with E-state index in [1.165, 1.54) is 55.3 Å². The molecule has 0 unspecified atom stereocenters. The van der Waals surface area contributed by atoms with E-state index < -0.39 is 34.0 Å². The highest BCUT2D eigenvalue weighted by Crippen LogP contribution is 2.34. The van der Waals surface area contributed by atoms with E-state index in [9.17, 15) is 31.2 Å². The van der Waals surface area contributed by atoms with Gasteiger partial charge in [-0.1, -0.05) is 0 Å². The van der Waals surface area contributed by atoms with Crippen molar-refractivity contribution in [1.29, 1.82) is 0 Å². The standard InChI is InChI=1S/C22H23F3N4O4S/c1-13(2)28-19-11-6-15(12-18(19)26-21(28)22(23,24)25)20(31)29(34(5,32)33)17-9-7-16(8-10-17)27(4)14(3)30/h6-13H,1-5H3. The Balaban J connectivity index is 2.09. The van der Waals surface area contributed by atoms with E-state index in [2.05, 4.69) is 4.98 Å². The maximum Gasteiger partial charge on any atom is 0.449 e. The number of carbonyl (C=O) groups is 2. The van der Waals surface area contributed by atoms with Crippen molar-refractivity contribution in [3.8, 4) is 0 Å². The molecule has 3 aromatic rings. The minimum atomic E-state index is -4.71. The fraction of sp³-hybridized carbons (Fsp3) is 0.318. The molecule has 8 nitrogen and oxygen atoms in total. The summed E-state index contributed by atoms with van der Waals surface area (Å²) in [4.78, 5) is 29.8. The van der Waals surface area contributed by atoms with Crippen molar-refractivity contribution in [3.63, 3.8) is 0 Å². The van der Waals surface area contributed by atoms with Crippen LogP contribution in [0.2, 0.25) is 0 Å². The van der Waals surface area contributed by atoms with Gasteiger partial charge in [-0.05, 0) is 56.3 Å². The van der Waals surface area contributed by atoms with E-state index in [0.29, 0.717) is 9.99 Å². The fourth-order valence-electron chi connectivity index (χ4n) is 3.52. The van der Waals surface area contributed by atoms with Gasteiger partial charge in [-0.3, -0.25) is 9.59 Å².